The number of esters is 4. The van der Waals surface area contributed by atoms with Crippen LogP contribution in [0.3, 0.4) is 0 Å². The Morgan fingerprint density at radius 3 is 0.786 bits per heavy atom. The van der Waals surface area contributed by atoms with Gasteiger partial charge >= 0.3 is 48.6 Å². The molecule has 2 aliphatic rings. The maximum Gasteiger partial charge on any atom is 0.422 e. The van der Waals surface area contributed by atoms with Crippen LogP contribution in [0, 0.1) is 0 Å². The summed E-state index contributed by atoms with van der Waals surface area (Å²) in [5.74, 6) is -7.01. The van der Waals surface area contributed by atoms with Crippen LogP contribution in [0.15, 0.2) is 24.3 Å². The van der Waals surface area contributed by atoms with Gasteiger partial charge in [-0.2, -0.15) is 52.7 Å². The zero-order valence-electron chi connectivity index (χ0n) is 27.1. The number of carbonyl (C=O) groups is 4. The van der Waals surface area contributed by atoms with Crippen molar-refractivity contribution >= 4 is 70.2 Å². The Morgan fingerprint density at radius 2 is 0.607 bits per heavy atom. The summed E-state index contributed by atoms with van der Waals surface area (Å²) in [6.45, 7) is -8.63. The number of fused-ring (bicyclic) bond motifs is 8. The van der Waals surface area contributed by atoms with Gasteiger partial charge < -0.3 is 28.9 Å². The molecule has 12 nitrogen and oxygen atoms in total. The Bertz CT molecular complexity index is 2010. The summed E-state index contributed by atoms with van der Waals surface area (Å²) >= 11 is 0. The summed E-state index contributed by atoms with van der Waals surface area (Å²) in [5.41, 5.74) is -8.12. The van der Waals surface area contributed by atoms with Crippen LogP contribution in [0.2, 0.25) is 0 Å². The van der Waals surface area contributed by atoms with Crippen LogP contribution in [0.5, 0.6) is 0 Å². The van der Waals surface area contributed by atoms with E-state index in [0.29, 0.717) is 0 Å². The normalized spacial score (nSPS) is 13.1. The molecule has 5 rings (SSSR count). The number of nitrogens with zero attached hydrogens (tertiary/aromatic N) is 2. The molecular weight excluding hydrogens is 796 g/mol. The van der Waals surface area contributed by atoms with Crippen molar-refractivity contribution in [1.82, 2.24) is 19.9 Å². The van der Waals surface area contributed by atoms with Crippen molar-refractivity contribution in [2.75, 3.05) is 26.4 Å². The summed E-state index contributed by atoms with van der Waals surface area (Å²) < 4.78 is 174. The fraction of sp³-hybridized carbons (Fsp3) is 0.250. The highest BCUT2D eigenvalue weighted by Crippen LogP contribution is 2.30. The minimum Gasteiger partial charge on any atom is -0.452 e. The first kappa shape index (κ1) is 40.8. The average Bonchev–Trinajstić information content (AvgIpc) is 3.90. The van der Waals surface area contributed by atoms with Gasteiger partial charge in [-0.15, -0.1) is 0 Å². The Kier molecular flexibility index (Phi) is 11.0. The van der Waals surface area contributed by atoms with Crippen molar-refractivity contribution < 1.29 is 90.8 Å². The number of halogens is 12. The smallest absolute Gasteiger partial charge is 0.422 e. The monoisotopic (exact) mass is 814 g/mol. The number of hydrogen-bond donors (Lipinski definition) is 2. The third-order valence-electron chi connectivity index (χ3n) is 7.04. The van der Waals surface area contributed by atoms with Crippen LogP contribution in [0.4, 0.5) is 52.7 Å². The van der Waals surface area contributed by atoms with E-state index in [1.54, 1.807) is 0 Å². The zero-order valence-corrected chi connectivity index (χ0v) is 27.1. The topological polar surface area (TPSA) is 163 Å². The van der Waals surface area contributed by atoms with E-state index in [-0.39, 0.29) is 0 Å². The molecule has 0 fully saturated rings. The molecule has 0 amide bonds. The number of carbonyl (C=O) groups excluding carboxylic acids is 4. The van der Waals surface area contributed by atoms with Gasteiger partial charge in [0, 0.05) is 0 Å². The molecular formula is C32H18F12N4O8. The molecule has 0 atom stereocenters. The lowest BCUT2D eigenvalue weighted by atomic mass is 10.2. The van der Waals surface area contributed by atoms with Crippen LogP contribution in [-0.4, -0.2) is 94.9 Å². The van der Waals surface area contributed by atoms with E-state index in [0.717, 1.165) is 48.6 Å². The standard InChI is InChI=1S/C32H18F12N4O8/c33-29(34,35)9-53-25(49)21-13-1-2-14(45-13)22(26(50)54-10-30(36,37)38)16-5-6-18(47-16)24(28(52)56-12-32(42,43)44)20-8-7-19(48-20)23(17-4-3-15(21)46-17)27(51)55-11-31(39,40)41/h1-8,45,48H,9-12H2. The molecule has 0 saturated carbocycles. The molecule has 8 bridgehead atoms. The number of aromatic amines is 2. The first-order chi connectivity index (χ1) is 25.9. The summed E-state index contributed by atoms with van der Waals surface area (Å²) in [7, 11) is 0. The predicted molar refractivity (Wildman–Crippen MR) is 164 cm³/mol. The fourth-order valence-electron chi connectivity index (χ4n) is 4.94. The second kappa shape index (κ2) is 15.1. The lowest BCUT2D eigenvalue weighted by molar-refractivity contribution is -0.161. The average molecular weight is 814 g/mol. The van der Waals surface area contributed by atoms with Gasteiger partial charge in [0.15, 0.2) is 26.4 Å². The molecule has 5 heterocycles. The van der Waals surface area contributed by atoms with E-state index in [1.165, 1.54) is 0 Å². The quantitative estimate of drug-likeness (QED) is 0.0910. The molecule has 0 unspecified atom stereocenters. The molecule has 2 aliphatic heterocycles. The number of rotatable bonds is 8. The molecule has 0 aliphatic carbocycles. The first-order valence-corrected chi connectivity index (χ1v) is 15.0. The zero-order chi connectivity index (χ0) is 41.4. The highest BCUT2D eigenvalue weighted by Gasteiger charge is 2.35. The van der Waals surface area contributed by atoms with E-state index in [9.17, 15) is 71.9 Å². The second-order valence-corrected chi connectivity index (χ2v) is 11.3. The highest BCUT2D eigenvalue weighted by atomic mass is 19.4. The molecule has 0 aromatic carbocycles. The number of aromatic nitrogens is 4. The lowest BCUT2D eigenvalue weighted by Crippen LogP contribution is -2.21. The fourth-order valence-corrected chi connectivity index (χ4v) is 4.94. The minimum absolute atomic E-state index is 0.539. The van der Waals surface area contributed by atoms with E-state index in [4.69, 9.17) is 0 Å². The molecule has 298 valence electrons. The second-order valence-electron chi connectivity index (χ2n) is 11.3. The third kappa shape index (κ3) is 10.0. The number of alkyl halides is 12. The van der Waals surface area contributed by atoms with Crippen molar-refractivity contribution in [2.24, 2.45) is 0 Å². The minimum atomic E-state index is -5.08. The van der Waals surface area contributed by atoms with E-state index in [2.05, 4.69) is 38.9 Å². The maximum atomic E-state index is 13.2. The summed E-state index contributed by atoms with van der Waals surface area (Å²) in [6, 6.07) is 3.66. The van der Waals surface area contributed by atoms with E-state index in [1.807, 2.05) is 0 Å². The predicted octanol–water partition coefficient (Wildman–Crippen LogP) is 7.53. The van der Waals surface area contributed by atoms with Crippen molar-refractivity contribution in [3.63, 3.8) is 0 Å². The van der Waals surface area contributed by atoms with Gasteiger partial charge in [-0.1, -0.05) is 0 Å². The van der Waals surface area contributed by atoms with Crippen molar-refractivity contribution in [3.05, 3.63) is 69.3 Å². The molecule has 0 saturated heterocycles. The van der Waals surface area contributed by atoms with Crippen molar-refractivity contribution in [2.45, 2.75) is 24.7 Å². The lowest BCUT2D eigenvalue weighted by Gasteiger charge is -2.10. The van der Waals surface area contributed by atoms with Gasteiger partial charge in [-0.25, -0.2) is 29.1 Å². The molecule has 0 spiro atoms. The molecule has 2 N–H and O–H groups in total. The number of nitrogens with one attached hydrogen (secondary N) is 2. The van der Waals surface area contributed by atoms with Gasteiger partial charge in [0.1, 0.15) is 22.3 Å². The Hall–Kier alpha value is -6.36. The van der Waals surface area contributed by atoms with Crippen LogP contribution < -0.4 is 0 Å². The summed E-state index contributed by atoms with van der Waals surface area (Å²) in [4.78, 5) is 65.5. The largest absolute Gasteiger partial charge is 0.452 e. The first-order valence-electron chi connectivity index (χ1n) is 15.0. The molecule has 24 heteroatoms. The van der Waals surface area contributed by atoms with Crippen LogP contribution >= 0.6 is 0 Å². The van der Waals surface area contributed by atoms with Gasteiger partial charge in [-0.3, -0.25) is 0 Å². The highest BCUT2D eigenvalue weighted by molar-refractivity contribution is 6.08. The van der Waals surface area contributed by atoms with Crippen molar-refractivity contribution in [1.29, 1.82) is 0 Å². The Labute approximate surface area is 301 Å². The van der Waals surface area contributed by atoms with Gasteiger partial charge in [0.05, 0.1) is 44.8 Å². The Morgan fingerprint density at radius 1 is 0.411 bits per heavy atom. The number of hydrogen-bond acceptors (Lipinski definition) is 10. The number of H-pyrrole nitrogens is 2. The third-order valence-corrected chi connectivity index (χ3v) is 7.04. The van der Waals surface area contributed by atoms with Gasteiger partial charge in [-0.05, 0) is 48.6 Å². The Balaban J connectivity index is 1.92. The number of ether oxygens (including phenoxy) is 4. The van der Waals surface area contributed by atoms with Gasteiger partial charge in [0.25, 0.3) is 0 Å². The van der Waals surface area contributed by atoms with Gasteiger partial charge in [0.2, 0.25) is 0 Å². The SMILES string of the molecule is O=C(OCC(F)(F)F)c1c2nc(c(C(=O)OCC(F)(F)F)c3ccc([nH]3)c(C(=O)OCC(F)(F)F)c3nc(c(C(=O)OCC(F)(F)F)c4ccc1[nH]4)C=C3)C=C2. The van der Waals surface area contributed by atoms with Crippen LogP contribution in [0.25, 0.3) is 46.4 Å². The summed E-state index contributed by atoms with van der Waals surface area (Å²) in [6.07, 6.45) is -16.8. The van der Waals surface area contributed by atoms with E-state index >= 15 is 0 Å². The molecule has 3 aromatic heterocycles. The van der Waals surface area contributed by atoms with Crippen molar-refractivity contribution in [3.8, 4) is 0 Å². The maximum absolute atomic E-state index is 13.2. The molecule has 3 aromatic rings. The van der Waals surface area contributed by atoms with E-state index < -0.39 is 142 Å². The molecule has 56 heavy (non-hydrogen) atoms. The van der Waals surface area contributed by atoms with Crippen LogP contribution in [-0.2, 0) is 18.9 Å². The molecule has 0 radical (unpaired) electrons. The summed E-state index contributed by atoms with van der Waals surface area (Å²) in [5, 5.41) is 0. The van der Waals surface area contributed by atoms with Crippen LogP contribution in [0.1, 0.15) is 64.2 Å².